The lowest BCUT2D eigenvalue weighted by atomic mass is 10.1. The largest absolute Gasteiger partial charge is 0.134 e. The van der Waals surface area contributed by atoms with Crippen LogP contribution in [0.4, 0.5) is 0 Å². The van der Waals surface area contributed by atoms with E-state index >= 15 is 0 Å². The third kappa shape index (κ3) is 2.86. The average Bonchev–Trinajstić information content (AvgIpc) is 2.82. The molecular formula is C16H9Br2ClS. The minimum absolute atomic E-state index is 0.760. The average molecular weight is 429 g/mol. The molecule has 3 aromatic rings. The lowest BCUT2D eigenvalue weighted by Gasteiger charge is -2.01. The van der Waals surface area contributed by atoms with Gasteiger partial charge in [0.1, 0.15) is 0 Å². The van der Waals surface area contributed by atoms with E-state index in [4.69, 9.17) is 11.6 Å². The molecule has 20 heavy (non-hydrogen) atoms. The van der Waals surface area contributed by atoms with E-state index < -0.39 is 0 Å². The molecule has 0 saturated heterocycles. The highest BCUT2D eigenvalue weighted by atomic mass is 79.9. The third-order valence-corrected chi connectivity index (χ3v) is 5.98. The summed E-state index contributed by atoms with van der Waals surface area (Å²) in [5.74, 6) is 0. The van der Waals surface area contributed by atoms with E-state index in [1.807, 2.05) is 36.4 Å². The minimum atomic E-state index is 0.760. The maximum atomic E-state index is 5.94. The van der Waals surface area contributed by atoms with E-state index in [1.165, 1.54) is 20.9 Å². The van der Waals surface area contributed by atoms with Crippen LogP contribution in [0.15, 0.2) is 63.5 Å². The fourth-order valence-electron chi connectivity index (χ4n) is 1.95. The molecule has 1 aromatic heterocycles. The summed E-state index contributed by atoms with van der Waals surface area (Å²) < 4.78 is 2.21. The van der Waals surface area contributed by atoms with Crippen LogP contribution in [0, 0.1) is 0 Å². The van der Waals surface area contributed by atoms with Crippen LogP contribution in [-0.4, -0.2) is 0 Å². The highest BCUT2D eigenvalue weighted by Crippen LogP contribution is 2.43. The van der Waals surface area contributed by atoms with E-state index in [2.05, 4.69) is 50.1 Å². The van der Waals surface area contributed by atoms with Crippen LogP contribution < -0.4 is 0 Å². The Morgan fingerprint density at radius 2 is 1.55 bits per heavy atom. The predicted molar refractivity (Wildman–Crippen MR) is 95.6 cm³/mol. The zero-order chi connectivity index (χ0) is 14.1. The van der Waals surface area contributed by atoms with Crippen molar-refractivity contribution in [2.45, 2.75) is 0 Å². The van der Waals surface area contributed by atoms with Gasteiger partial charge in [-0.1, -0.05) is 57.9 Å². The molecule has 0 radical (unpaired) electrons. The fraction of sp³-hybridized carbons (Fsp3) is 0. The number of rotatable bonds is 2. The standard InChI is InChI=1S/C16H9Br2ClS/c17-13-4-2-1-3-12(13)16-14(18)9-15(20-16)10-5-7-11(19)8-6-10/h1-9H. The quantitative estimate of drug-likeness (QED) is 0.403. The molecule has 0 saturated carbocycles. The van der Waals surface area contributed by atoms with Crippen molar-refractivity contribution in [1.29, 1.82) is 0 Å². The molecule has 0 unspecified atom stereocenters. The number of benzene rings is 2. The van der Waals surface area contributed by atoms with Gasteiger partial charge in [-0.25, -0.2) is 0 Å². The van der Waals surface area contributed by atoms with Gasteiger partial charge < -0.3 is 0 Å². The van der Waals surface area contributed by atoms with Crippen LogP contribution in [0.25, 0.3) is 20.9 Å². The molecule has 4 heteroatoms. The van der Waals surface area contributed by atoms with Crippen molar-refractivity contribution in [1.82, 2.24) is 0 Å². The lowest BCUT2D eigenvalue weighted by Crippen LogP contribution is -1.74. The van der Waals surface area contributed by atoms with Crippen molar-refractivity contribution in [3.63, 3.8) is 0 Å². The van der Waals surface area contributed by atoms with E-state index in [0.29, 0.717) is 0 Å². The van der Waals surface area contributed by atoms with Gasteiger partial charge in [0.05, 0.1) is 4.88 Å². The van der Waals surface area contributed by atoms with E-state index in [0.717, 1.165) is 14.0 Å². The summed E-state index contributed by atoms with van der Waals surface area (Å²) in [7, 11) is 0. The van der Waals surface area contributed by atoms with E-state index in [-0.39, 0.29) is 0 Å². The van der Waals surface area contributed by atoms with Gasteiger partial charge in [0.25, 0.3) is 0 Å². The first-order valence-electron chi connectivity index (χ1n) is 5.95. The Morgan fingerprint density at radius 1 is 0.850 bits per heavy atom. The van der Waals surface area contributed by atoms with Gasteiger partial charge >= 0.3 is 0 Å². The number of halogens is 3. The van der Waals surface area contributed by atoms with Gasteiger partial charge in [-0.05, 0) is 45.8 Å². The van der Waals surface area contributed by atoms with Crippen molar-refractivity contribution >= 4 is 54.8 Å². The smallest absolute Gasteiger partial charge is 0.0502 e. The number of hydrogen-bond acceptors (Lipinski definition) is 1. The second-order valence-electron chi connectivity index (χ2n) is 4.27. The molecule has 0 amide bonds. The third-order valence-electron chi connectivity index (χ3n) is 2.93. The molecule has 3 rings (SSSR count). The Labute approximate surface area is 143 Å². The molecule has 0 N–H and O–H groups in total. The molecule has 0 atom stereocenters. The maximum absolute atomic E-state index is 5.94. The Morgan fingerprint density at radius 3 is 2.25 bits per heavy atom. The molecule has 0 fully saturated rings. The lowest BCUT2D eigenvalue weighted by molar-refractivity contribution is 1.63. The van der Waals surface area contributed by atoms with E-state index in [1.54, 1.807) is 11.3 Å². The summed E-state index contributed by atoms with van der Waals surface area (Å²) >= 11 is 15.0. The topological polar surface area (TPSA) is 0 Å². The fourth-order valence-corrected chi connectivity index (χ4v) is 4.63. The summed E-state index contributed by atoms with van der Waals surface area (Å²) in [5.41, 5.74) is 2.38. The van der Waals surface area contributed by atoms with Crippen molar-refractivity contribution in [3.8, 4) is 20.9 Å². The van der Waals surface area contributed by atoms with Crippen LogP contribution in [0.1, 0.15) is 0 Å². The van der Waals surface area contributed by atoms with E-state index in [9.17, 15) is 0 Å². The second-order valence-corrected chi connectivity index (χ2v) is 7.47. The van der Waals surface area contributed by atoms with Gasteiger partial charge in [-0.15, -0.1) is 11.3 Å². The molecule has 2 aromatic carbocycles. The molecule has 0 aliphatic rings. The molecule has 100 valence electrons. The van der Waals surface area contributed by atoms with Crippen LogP contribution in [0.5, 0.6) is 0 Å². The van der Waals surface area contributed by atoms with Crippen molar-refractivity contribution in [2.75, 3.05) is 0 Å². The molecular weight excluding hydrogens is 420 g/mol. The summed E-state index contributed by atoms with van der Waals surface area (Å²) in [6.45, 7) is 0. The summed E-state index contributed by atoms with van der Waals surface area (Å²) in [6, 6.07) is 18.3. The maximum Gasteiger partial charge on any atom is 0.0502 e. The molecule has 1 heterocycles. The van der Waals surface area contributed by atoms with Crippen LogP contribution >= 0.6 is 54.8 Å². The molecule has 0 aliphatic heterocycles. The normalized spacial score (nSPS) is 10.8. The van der Waals surface area contributed by atoms with Crippen molar-refractivity contribution in [3.05, 3.63) is 68.6 Å². The Bertz CT molecular complexity index is 747. The zero-order valence-corrected chi connectivity index (χ0v) is 15.0. The van der Waals surface area contributed by atoms with Crippen molar-refractivity contribution < 1.29 is 0 Å². The van der Waals surface area contributed by atoms with Gasteiger partial charge in [0, 0.05) is 24.4 Å². The highest BCUT2D eigenvalue weighted by Gasteiger charge is 2.12. The zero-order valence-electron chi connectivity index (χ0n) is 10.2. The first-order valence-corrected chi connectivity index (χ1v) is 8.73. The van der Waals surface area contributed by atoms with Gasteiger partial charge in [0.2, 0.25) is 0 Å². The Hall–Kier alpha value is -0.610. The van der Waals surface area contributed by atoms with Crippen LogP contribution in [0.3, 0.4) is 0 Å². The van der Waals surface area contributed by atoms with Gasteiger partial charge in [-0.3, -0.25) is 0 Å². The monoisotopic (exact) mass is 426 g/mol. The Balaban J connectivity index is 2.08. The second kappa shape index (κ2) is 6.02. The first kappa shape index (κ1) is 14.3. The first-order chi connectivity index (χ1) is 9.65. The molecule has 0 bridgehead atoms. The Kier molecular flexibility index (Phi) is 4.32. The molecule has 0 spiro atoms. The summed E-state index contributed by atoms with van der Waals surface area (Å²) in [4.78, 5) is 2.45. The van der Waals surface area contributed by atoms with Crippen LogP contribution in [0.2, 0.25) is 5.02 Å². The summed E-state index contributed by atoms with van der Waals surface area (Å²) in [6.07, 6.45) is 0. The van der Waals surface area contributed by atoms with Gasteiger partial charge in [-0.2, -0.15) is 0 Å². The SMILES string of the molecule is Clc1ccc(-c2cc(Br)c(-c3ccccc3Br)s2)cc1. The highest BCUT2D eigenvalue weighted by molar-refractivity contribution is 9.11. The number of thiophene rings is 1. The molecule has 0 nitrogen and oxygen atoms in total. The van der Waals surface area contributed by atoms with Crippen LogP contribution in [-0.2, 0) is 0 Å². The minimum Gasteiger partial charge on any atom is -0.134 e. The summed E-state index contributed by atoms with van der Waals surface area (Å²) in [5, 5.41) is 0.760. The predicted octanol–water partition coefficient (Wildman–Crippen LogP) is 7.26. The van der Waals surface area contributed by atoms with Crippen molar-refractivity contribution in [2.24, 2.45) is 0 Å². The molecule has 0 aliphatic carbocycles. The van der Waals surface area contributed by atoms with Gasteiger partial charge in [0.15, 0.2) is 0 Å². The number of hydrogen-bond donors (Lipinski definition) is 0.